The molecule has 3 rings (SSSR count). The Morgan fingerprint density at radius 3 is 2.64 bits per heavy atom. The monoisotopic (exact) mass is 396 g/mol. The Bertz CT molecular complexity index is 945. The van der Waals surface area contributed by atoms with Crippen LogP contribution in [0.2, 0.25) is 0 Å². The molecule has 0 saturated heterocycles. The number of aromatic nitrogens is 3. The van der Waals surface area contributed by atoms with Crippen LogP contribution in [0, 0.1) is 6.92 Å². The van der Waals surface area contributed by atoms with E-state index in [1.165, 1.54) is 34.8 Å². The first-order valence-electron chi connectivity index (χ1n) is 8.86. The molecule has 144 valence electrons. The van der Waals surface area contributed by atoms with Gasteiger partial charge in [0.1, 0.15) is 5.69 Å². The summed E-state index contributed by atoms with van der Waals surface area (Å²) in [4.78, 5) is 39.9. The maximum atomic E-state index is 13.1. The number of nitrogens with zero attached hydrogens (tertiary/aromatic N) is 4. The smallest absolute Gasteiger partial charge is 0.358 e. The van der Waals surface area contributed by atoms with E-state index in [-0.39, 0.29) is 23.9 Å². The van der Waals surface area contributed by atoms with Crippen molar-refractivity contribution in [2.45, 2.75) is 20.3 Å². The fraction of sp³-hybridized carbons (Fsp3) is 0.250. The van der Waals surface area contributed by atoms with Crippen LogP contribution in [0.1, 0.15) is 38.3 Å². The van der Waals surface area contributed by atoms with Gasteiger partial charge in [-0.3, -0.25) is 14.7 Å². The lowest BCUT2D eigenvalue weighted by molar-refractivity contribution is 0.0519. The third-order valence-corrected chi connectivity index (χ3v) is 4.97. The molecule has 0 aliphatic carbocycles. The third kappa shape index (κ3) is 4.58. The Hall–Kier alpha value is -3.13. The number of thiazole rings is 1. The van der Waals surface area contributed by atoms with Crippen LogP contribution in [-0.4, -0.2) is 40.0 Å². The highest BCUT2D eigenvalue weighted by atomic mass is 32.1. The molecule has 0 atom stereocenters. The van der Waals surface area contributed by atoms with Crippen LogP contribution in [0.15, 0.2) is 48.9 Å². The zero-order valence-corrected chi connectivity index (χ0v) is 16.5. The summed E-state index contributed by atoms with van der Waals surface area (Å²) in [6.07, 6.45) is 5.04. The molecule has 7 nitrogen and oxygen atoms in total. The highest BCUT2D eigenvalue weighted by molar-refractivity contribution is 7.16. The van der Waals surface area contributed by atoms with Crippen LogP contribution in [0.3, 0.4) is 0 Å². The molecule has 0 N–H and O–H groups in total. The van der Waals surface area contributed by atoms with Crippen molar-refractivity contribution in [2.75, 3.05) is 18.1 Å². The van der Waals surface area contributed by atoms with Crippen molar-refractivity contribution in [3.63, 3.8) is 0 Å². The van der Waals surface area contributed by atoms with Crippen LogP contribution in [-0.2, 0) is 11.2 Å². The average Bonchev–Trinajstić information content (AvgIpc) is 3.11. The highest BCUT2D eigenvalue weighted by Crippen LogP contribution is 2.27. The second-order valence-electron chi connectivity index (χ2n) is 5.90. The molecule has 8 heteroatoms. The van der Waals surface area contributed by atoms with Gasteiger partial charge in [-0.1, -0.05) is 30.3 Å². The average molecular weight is 396 g/mol. The van der Waals surface area contributed by atoms with Gasteiger partial charge in [0.05, 0.1) is 12.8 Å². The van der Waals surface area contributed by atoms with Gasteiger partial charge in [0.2, 0.25) is 0 Å². The summed E-state index contributed by atoms with van der Waals surface area (Å²) < 4.78 is 5.06. The van der Waals surface area contributed by atoms with Crippen molar-refractivity contribution in [3.05, 3.63) is 70.8 Å². The molecule has 2 aromatic heterocycles. The molecule has 0 fully saturated rings. The summed E-state index contributed by atoms with van der Waals surface area (Å²) in [6, 6.07) is 9.86. The fourth-order valence-electron chi connectivity index (χ4n) is 2.60. The summed E-state index contributed by atoms with van der Waals surface area (Å²) in [5.74, 6) is -0.800. The molecule has 0 aliphatic heterocycles. The molecule has 28 heavy (non-hydrogen) atoms. The Morgan fingerprint density at radius 1 is 1.18 bits per heavy atom. The van der Waals surface area contributed by atoms with E-state index in [2.05, 4.69) is 15.0 Å². The van der Waals surface area contributed by atoms with Crippen molar-refractivity contribution in [1.82, 2.24) is 15.0 Å². The van der Waals surface area contributed by atoms with E-state index < -0.39 is 5.97 Å². The third-order valence-electron chi connectivity index (χ3n) is 3.98. The molecule has 2 heterocycles. The van der Waals surface area contributed by atoms with E-state index in [0.29, 0.717) is 23.0 Å². The summed E-state index contributed by atoms with van der Waals surface area (Å²) in [5, 5.41) is 0.437. The number of hydrogen-bond donors (Lipinski definition) is 0. The minimum absolute atomic E-state index is 0.223. The Morgan fingerprint density at radius 2 is 1.96 bits per heavy atom. The standard InChI is InChI=1S/C20H20N4O3S/c1-3-27-19(26)17-14(2)28-20(23-17)24(12-9-15-7-5-4-6-8-15)18(25)16-13-21-10-11-22-16/h4-8,10-11,13H,3,9,12H2,1-2H3. The predicted octanol–water partition coefficient (Wildman–Crippen LogP) is 3.31. The largest absolute Gasteiger partial charge is 0.461 e. The summed E-state index contributed by atoms with van der Waals surface area (Å²) in [5.41, 5.74) is 1.55. The molecule has 0 bridgehead atoms. The van der Waals surface area contributed by atoms with Gasteiger partial charge in [0.15, 0.2) is 10.8 Å². The van der Waals surface area contributed by atoms with E-state index >= 15 is 0 Å². The molecule has 0 radical (unpaired) electrons. The van der Waals surface area contributed by atoms with Crippen LogP contribution < -0.4 is 4.90 Å². The van der Waals surface area contributed by atoms with E-state index in [9.17, 15) is 9.59 Å². The molecule has 0 aliphatic rings. The molecule has 3 aromatic rings. The van der Waals surface area contributed by atoms with Crippen molar-refractivity contribution in [2.24, 2.45) is 0 Å². The topological polar surface area (TPSA) is 85.3 Å². The fourth-order valence-corrected chi connectivity index (χ4v) is 3.53. The molecular formula is C20H20N4O3S. The second-order valence-corrected chi connectivity index (χ2v) is 7.09. The van der Waals surface area contributed by atoms with Crippen LogP contribution in [0.5, 0.6) is 0 Å². The minimum Gasteiger partial charge on any atom is -0.461 e. The lowest BCUT2D eigenvalue weighted by Crippen LogP contribution is -2.33. The van der Waals surface area contributed by atoms with Gasteiger partial charge in [-0.25, -0.2) is 14.8 Å². The summed E-state index contributed by atoms with van der Waals surface area (Å²) >= 11 is 1.28. The molecule has 0 saturated carbocycles. The first kappa shape index (κ1) is 19.6. The van der Waals surface area contributed by atoms with Crippen LogP contribution in [0.4, 0.5) is 5.13 Å². The van der Waals surface area contributed by atoms with Crippen molar-refractivity contribution < 1.29 is 14.3 Å². The highest BCUT2D eigenvalue weighted by Gasteiger charge is 2.25. The number of benzene rings is 1. The van der Waals surface area contributed by atoms with Gasteiger partial charge in [-0.15, -0.1) is 11.3 Å². The molecule has 0 spiro atoms. The second kappa shape index (κ2) is 9.18. The van der Waals surface area contributed by atoms with Crippen molar-refractivity contribution in [3.8, 4) is 0 Å². The van der Waals surface area contributed by atoms with Crippen LogP contribution >= 0.6 is 11.3 Å². The first-order chi connectivity index (χ1) is 13.6. The maximum absolute atomic E-state index is 13.1. The van der Waals surface area contributed by atoms with E-state index in [0.717, 1.165) is 5.56 Å². The molecule has 1 amide bonds. The quantitative estimate of drug-likeness (QED) is 0.570. The van der Waals surface area contributed by atoms with Gasteiger partial charge >= 0.3 is 5.97 Å². The number of carbonyl (C=O) groups is 2. The minimum atomic E-state index is -0.488. The number of hydrogen-bond acceptors (Lipinski definition) is 7. The predicted molar refractivity (Wildman–Crippen MR) is 107 cm³/mol. The molecular weight excluding hydrogens is 376 g/mol. The van der Waals surface area contributed by atoms with Crippen LogP contribution in [0.25, 0.3) is 0 Å². The Kier molecular flexibility index (Phi) is 6.44. The number of ether oxygens (including phenoxy) is 1. The van der Waals surface area contributed by atoms with Gasteiger partial charge in [-0.05, 0) is 25.8 Å². The summed E-state index contributed by atoms with van der Waals surface area (Å²) in [6.45, 7) is 4.19. The lowest BCUT2D eigenvalue weighted by atomic mass is 10.1. The number of amides is 1. The molecule has 1 aromatic carbocycles. The Labute approximate surface area is 167 Å². The number of rotatable bonds is 7. The van der Waals surface area contributed by atoms with E-state index in [4.69, 9.17) is 4.74 Å². The van der Waals surface area contributed by atoms with Gasteiger partial charge in [0, 0.05) is 23.8 Å². The molecule has 0 unspecified atom stereocenters. The first-order valence-corrected chi connectivity index (χ1v) is 9.68. The van der Waals surface area contributed by atoms with Crippen molar-refractivity contribution in [1.29, 1.82) is 0 Å². The normalized spacial score (nSPS) is 10.5. The van der Waals surface area contributed by atoms with E-state index in [1.54, 1.807) is 13.8 Å². The number of carbonyl (C=O) groups excluding carboxylic acids is 2. The SMILES string of the molecule is CCOC(=O)c1nc(N(CCc2ccccc2)C(=O)c2cnccn2)sc1C. The zero-order valence-electron chi connectivity index (χ0n) is 15.7. The Balaban J connectivity index is 1.90. The van der Waals surface area contributed by atoms with Gasteiger partial charge in [-0.2, -0.15) is 0 Å². The maximum Gasteiger partial charge on any atom is 0.358 e. The summed E-state index contributed by atoms with van der Waals surface area (Å²) in [7, 11) is 0. The van der Waals surface area contributed by atoms with E-state index in [1.807, 2.05) is 30.3 Å². The van der Waals surface area contributed by atoms with Gasteiger partial charge < -0.3 is 4.74 Å². The lowest BCUT2D eigenvalue weighted by Gasteiger charge is -2.19. The zero-order chi connectivity index (χ0) is 19.9. The van der Waals surface area contributed by atoms with Gasteiger partial charge in [0.25, 0.3) is 5.91 Å². The van der Waals surface area contributed by atoms with Crippen molar-refractivity contribution >= 4 is 28.3 Å². The number of anilines is 1. The number of esters is 1. The number of aryl methyl sites for hydroxylation is 1.